The van der Waals surface area contributed by atoms with Gasteiger partial charge in [-0.15, -0.1) is 0 Å². The van der Waals surface area contributed by atoms with E-state index in [-0.39, 0.29) is 11.9 Å². The van der Waals surface area contributed by atoms with Crippen molar-refractivity contribution in [3.05, 3.63) is 30.3 Å². The highest BCUT2D eigenvalue weighted by molar-refractivity contribution is 5.96. The molecule has 1 rings (SSSR count). The zero-order chi connectivity index (χ0) is 14.3. The smallest absolute Gasteiger partial charge is 0.243 e. The van der Waals surface area contributed by atoms with Crippen LogP contribution in [0.15, 0.2) is 35.3 Å². The van der Waals surface area contributed by atoms with Crippen LogP contribution in [0.4, 0.5) is 5.69 Å². The third kappa shape index (κ3) is 4.97. The van der Waals surface area contributed by atoms with Crippen molar-refractivity contribution in [2.75, 3.05) is 18.5 Å². The summed E-state index contributed by atoms with van der Waals surface area (Å²) in [4.78, 5) is 17.5. The van der Waals surface area contributed by atoms with Gasteiger partial charge in [-0.1, -0.05) is 18.2 Å². The summed E-state index contributed by atoms with van der Waals surface area (Å²) in [6.45, 7) is 0.484. The molecule has 0 aromatic heterocycles. The first-order chi connectivity index (χ1) is 9.02. The van der Waals surface area contributed by atoms with Gasteiger partial charge in [0.1, 0.15) is 0 Å². The lowest BCUT2D eigenvalue weighted by atomic mass is 10.1. The molecular weight excluding hydrogens is 242 g/mol. The van der Waals surface area contributed by atoms with Crippen LogP contribution in [-0.4, -0.2) is 31.5 Å². The maximum atomic E-state index is 12.1. The van der Waals surface area contributed by atoms with Gasteiger partial charge in [0.2, 0.25) is 5.91 Å². The molecule has 1 amide bonds. The van der Waals surface area contributed by atoms with E-state index in [0.717, 1.165) is 5.69 Å². The van der Waals surface area contributed by atoms with Crippen molar-refractivity contribution in [3.8, 4) is 0 Å². The number of nitrogens with zero attached hydrogens (tertiary/aromatic N) is 2. The predicted molar refractivity (Wildman–Crippen MR) is 77.7 cm³/mol. The van der Waals surface area contributed by atoms with Crippen molar-refractivity contribution >= 4 is 17.6 Å². The van der Waals surface area contributed by atoms with Gasteiger partial charge in [-0.05, 0) is 25.0 Å². The summed E-state index contributed by atoms with van der Waals surface area (Å²) in [5.41, 5.74) is 17.1. The van der Waals surface area contributed by atoms with Gasteiger partial charge in [0, 0.05) is 19.3 Å². The third-order valence-electron chi connectivity index (χ3n) is 2.76. The highest BCUT2D eigenvalue weighted by atomic mass is 16.2. The number of guanidine groups is 1. The van der Waals surface area contributed by atoms with Crippen molar-refractivity contribution in [3.63, 3.8) is 0 Å². The number of aliphatic imine (C=N–C) groups is 1. The Bertz CT molecular complexity index is 428. The number of nitrogens with two attached hydrogens (primary N) is 3. The van der Waals surface area contributed by atoms with Crippen LogP contribution in [0, 0.1) is 0 Å². The Kier molecular flexibility index (Phi) is 5.81. The van der Waals surface area contributed by atoms with Gasteiger partial charge in [0.15, 0.2) is 5.96 Å². The minimum atomic E-state index is -0.542. The zero-order valence-electron chi connectivity index (χ0n) is 11.1. The van der Waals surface area contributed by atoms with Crippen molar-refractivity contribution in [2.45, 2.75) is 18.9 Å². The normalized spacial score (nSPS) is 11.7. The van der Waals surface area contributed by atoms with Crippen LogP contribution < -0.4 is 22.1 Å². The number of hydrogen-bond acceptors (Lipinski definition) is 3. The molecule has 6 N–H and O–H groups in total. The largest absolute Gasteiger partial charge is 0.370 e. The van der Waals surface area contributed by atoms with Crippen LogP contribution in [0.3, 0.4) is 0 Å². The average molecular weight is 263 g/mol. The van der Waals surface area contributed by atoms with E-state index in [4.69, 9.17) is 17.2 Å². The standard InChI is InChI=1S/C13H21N5O/c1-18(10-6-3-2-4-7-10)12(19)11(14)8-5-9-17-13(15)16/h2-4,6-7,11H,5,8-9,14H2,1H3,(H4,15,16,17)/t11-/m0/s1. The highest BCUT2D eigenvalue weighted by Gasteiger charge is 2.18. The second kappa shape index (κ2) is 7.38. The molecule has 6 heteroatoms. The van der Waals surface area contributed by atoms with E-state index in [1.54, 1.807) is 11.9 Å². The van der Waals surface area contributed by atoms with Crippen molar-refractivity contribution < 1.29 is 4.79 Å². The Hall–Kier alpha value is -2.08. The quantitative estimate of drug-likeness (QED) is 0.382. The first-order valence-corrected chi connectivity index (χ1v) is 6.16. The minimum absolute atomic E-state index is 0.0568. The molecule has 1 atom stereocenters. The Balaban J connectivity index is 2.46. The Morgan fingerprint density at radius 1 is 1.32 bits per heavy atom. The average Bonchev–Trinajstić information content (AvgIpc) is 2.42. The van der Waals surface area contributed by atoms with Gasteiger partial charge in [0.25, 0.3) is 0 Å². The van der Waals surface area contributed by atoms with Crippen LogP contribution >= 0.6 is 0 Å². The predicted octanol–water partition coefficient (Wildman–Crippen LogP) is 0.0303. The fraction of sp³-hybridized carbons (Fsp3) is 0.385. The van der Waals surface area contributed by atoms with Gasteiger partial charge < -0.3 is 22.1 Å². The molecule has 0 bridgehead atoms. The lowest BCUT2D eigenvalue weighted by Gasteiger charge is -2.21. The Morgan fingerprint density at radius 2 is 1.95 bits per heavy atom. The fourth-order valence-electron chi connectivity index (χ4n) is 1.67. The summed E-state index contributed by atoms with van der Waals surface area (Å²) in [6, 6.07) is 8.84. The summed E-state index contributed by atoms with van der Waals surface area (Å²) in [5, 5.41) is 0. The molecule has 0 aliphatic carbocycles. The highest BCUT2D eigenvalue weighted by Crippen LogP contribution is 2.12. The van der Waals surface area contributed by atoms with Crippen molar-refractivity contribution in [2.24, 2.45) is 22.2 Å². The van der Waals surface area contributed by atoms with Crippen LogP contribution in [0.1, 0.15) is 12.8 Å². The molecule has 104 valence electrons. The first kappa shape index (κ1) is 15.0. The van der Waals surface area contributed by atoms with E-state index in [9.17, 15) is 4.79 Å². The molecule has 0 aliphatic rings. The maximum Gasteiger partial charge on any atom is 0.243 e. The zero-order valence-corrected chi connectivity index (χ0v) is 11.1. The summed E-state index contributed by atoms with van der Waals surface area (Å²) < 4.78 is 0. The van der Waals surface area contributed by atoms with Gasteiger partial charge in [-0.3, -0.25) is 9.79 Å². The number of benzene rings is 1. The number of rotatable bonds is 6. The van der Waals surface area contributed by atoms with Crippen LogP contribution in [0.5, 0.6) is 0 Å². The molecule has 1 aromatic rings. The van der Waals surface area contributed by atoms with Gasteiger partial charge in [-0.2, -0.15) is 0 Å². The first-order valence-electron chi connectivity index (χ1n) is 6.16. The summed E-state index contributed by atoms with van der Waals surface area (Å²) >= 11 is 0. The monoisotopic (exact) mass is 263 g/mol. The SMILES string of the molecule is CN(C(=O)[C@@H](N)CCCN=C(N)N)c1ccccc1. The molecule has 0 aliphatic heterocycles. The molecule has 0 radical (unpaired) electrons. The van der Waals surface area contributed by atoms with E-state index in [1.807, 2.05) is 30.3 Å². The molecule has 6 nitrogen and oxygen atoms in total. The summed E-state index contributed by atoms with van der Waals surface area (Å²) in [7, 11) is 1.72. The van der Waals surface area contributed by atoms with Crippen molar-refractivity contribution in [1.82, 2.24) is 0 Å². The lowest BCUT2D eigenvalue weighted by Crippen LogP contribution is -2.42. The molecule has 0 spiro atoms. The lowest BCUT2D eigenvalue weighted by molar-refractivity contribution is -0.119. The van der Waals surface area contributed by atoms with Crippen LogP contribution in [0.2, 0.25) is 0 Å². The number of anilines is 1. The molecule has 0 saturated carbocycles. The molecule has 1 aromatic carbocycles. The van der Waals surface area contributed by atoms with E-state index >= 15 is 0 Å². The number of likely N-dealkylation sites (N-methyl/N-ethyl adjacent to an activating group) is 1. The second-order valence-corrected chi connectivity index (χ2v) is 4.29. The number of hydrogen-bond donors (Lipinski definition) is 3. The van der Waals surface area contributed by atoms with Crippen molar-refractivity contribution in [1.29, 1.82) is 0 Å². The van der Waals surface area contributed by atoms with Crippen LogP contribution in [0.25, 0.3) is 0 Å². The number of para-hydroxylation sites is 1. The van der Waals surface area contributed by atoms with E-state index < -0.39 is 6.04 Å². The maximum absolute atomic E-state index is 12.1. The summed E-state index contributed by atoms with van der Waals surface area (Å²) in [5.74, 6) is -0.0581. The van der Waals surface area contributed by atoms with Crippen LogP contribution in [-0.2, 0) is 4.79 Å². The van der Waals surface area contributed by atoms with E-state index in [0.29, 0.717) is 19.4 Å². The number of amides is 1. The molecule has 0 heterocycles. The third-order valence-corrected chi connectivity index (χ3v) is 2.76. The number of carbonyl (C=O) groups excluding carboxylic acids is 1. The van der Waals surface area contributed by atoms with Gasteiger partial charge >= 0.3 is 0 Å². The van der Waals surface area contributed by atoms with Gasteiger partial charge in [0.05, 0.1) is 6.04 Å². The fourth-order valence-corrected chi connectivity index (χ4v) is 1.67. The Morgan fingerprint density at radius 3 is 2.53 bits per heavy atom. The Labute approximate surface area is 113 Å². The second-order valence-electron chi connectivity index (χ2n) is 4.29. The molecule has 0 fully saturated rings. The molecule has 19 heavy (non-hydrogen) atoms. The van der Waals surface area contributed by atoms with E-state index in [1.165, 1.54) is 0 Å². The number of carbonyl (C=O) groups is 1. The molecule has 0 saturated heterocycles. The minimum Gasteiger partial charge on any atom is -0.370 e. The molecule has 0 unspecified atom stereocenters. The van der Waals surface area contributed by atoms with E-state index in [2.05, 4.69) is 4.99 Å². The molecular formula is C13H21N5O. The summed E-state index contributed by atoms with van der Waals surface area (Å²) in [6.07, 6.45) is 1.22. The topological polar surface area (TPSA) is 111 Å². The van der Waals surface area contributed by atoms with Gasteiger partial charge in [-0.25, -0.2) is 0 Å².